The topological polar surface area (TPSA) is 37.3 Å². The second kappa shape index (κ2) is 8.63. The molecule has 0 aliphatic heterocycles. The number of carbonyl (C=O) groups is 1. The molecule has 0 amide bonds. The van der Waals surface area contributed by atoms with E-state index in [-0.39, 0.29) is 31.0 Å². The number of aryl methyl sites for hydroxylation is 1. The summed E-state index contributed by atoms with van der Waals surface area (Å²) in [4.78, 5) is 10.8. The third kappa shape index (κ3) is 5.01. The van der Waals surface area contributed by atoms with Gasteiger partial charge in [0.15, 0.2) is 0 Å². The molecule has 0 radical (unpaired) electrons. The van der Waals surface area contributed by atoms with Gasteiger partial charge in [0.1, 0.15) is 0 Å². The molecule has 21 heavy (non-hydrogen) atoms. The Bertz CT molecular complexity index is 709. The van der Waals surface area contributed by atoms with Crippen molar-refractivity contribution in [1.29, 1.82) is 0 Å². The van der Waals surface area contributed by atoms with Crippen molar-refractivity contribution < 1.29 is 40.9 Å². The van der Waals surface area contributed by atoms with Gasteiger partial charge in [0.05, 0.1) is 5.56 Å². The van der Waals surface area contributed by atoms with E-state index >= 15 is 0 Å². The van der Waals surface area contributed by atoms with Crippen LogP contribution in [0.25, 0.3) is 10.8 Å². The van der Waals surface area contributed by atoms with Crippen LogP contribution in [-0.2, 0) is 0 Å². The maximum Gasteiger partial charge on any atom is 1.00 e. The molecule has 0 aromatic heterocycles. The molecule has 0 heterocycles. The van der Waals surface area contributed by atoms with Gasteiger partial charge in [0.2, 0.25) is 0 Å². The van der Waals surface area contributed by atoms with E-state index in [1.54, 1.807) is 12.1 Å². The van der Waals surface area contributed by atoms with Crippen molar-refractivity contribution in [3.63, 3.8) is 0 Å². The van der Waals surface area contributed by atoms with Gasteiger partial charge in [-0.05, 0) is 23.8 Å². The van der Waals surface area contributed by atoms with Crippen molar-refractivity contribution >= 4 is 16.7 Å². The summed E-state index contributed by atoms with van der Waals surface area (Å²) in [5.74, 6) is -0.878. The predicted octanol–water partition coefficient (Wildman–Crippen LogP) is 1.65. The van der Waals surface area contributed by atoms with Crippen LogP contribution >= 0.6 is 0 Å². The van der Waals surface area contributed by atoms with Crippen LogP contribution in [0.5, 0.6) is 0 Å². The molecule has 0 aliphatic carbocycles. The molecule has 0 bridgehead atoms. The van der Waals surface area contributed by atoms with Crippen LogP contribution in [0.1, 0.15) is 17.3 Å². The molecule has 1 N–H and O–H groups in total. The van der Waals surface area contributed by atoms with Crippen LogP contribution in [0.2, 0.25) is 0 Å². The fourth-order valence-corrected chi connectivity index (χ4v) is 1.95. The third-order valence-electron chi connectivity index (χ3n) is 2.96. The van der Waals surface area contributed by atoms with Crippen molar-refractivity contribution in [3.8, 4) is 0 Å². The summed E-state index contributed by atoms with van der Waals surface area (Å²) >= 11 is 0. The van der Waals surface area contributed by atoms with Crippen molar-refractivity contribution in [2.45, 2.75) is 6.92 Å². The summed E-state index contributed by atoms with van der Waals surface area (Å²) in [6.45, 7) is 2.08. The number of benzene rings is 3. The first kappa shape index (κ1) is 17.4. The van der Waals surface area contributed by atoms with Crippen molar-refractivity contribution in [1.82, 2.24) is 0 Å². The molecule has 0 spiro atoms. The monoisotopic (exact) mass is 288 g/mol. The second-order valence-electron chi connectivity index (χ2n) is 4.49. The van der Waals surface area contributed by atoms with Gasteiger partial charge in [-0.25, -0.2) is 4.79 Å². The molecule has 0 unspecified atom stereocenters. The van der Waals surface area contributed by atoms with Crippen molar-refractivity contribution in [3.05, 3.63) is 83.9 Å². The van der Waals surface area contributed by atoms with Crippen LogP contribution in [-0.4, -0.2) is 11.1 Å². The van der Waals surface area contributed by atoms with E-state index in [4.69, 9.17) is 5.11 Å². The molecule has 2 nitrogen and oxygen atoms in total. The predicted molar refractivity (Wildman–Crippen MR) is 83.2 cm³/mol. The minimum Gasteiger partial charge on any atom is -1.00 e. The molecule has 3 aromatic rings. The van der Waals surface area contributed by atoms with Crippen LogP contribution in [0.3, 0.4) is 0 Å². The van der Waals surface area contributed by atoms with E-state index in [2.05, 4.69) is 19.1 Å². The Morgan fingerprint density at radius 3 is 2.00 bits per heavy atom. The standard InChI is InChI=1S/C11H8O2.C7H8.Na.H/c12-11(13)10-7-3-5-8-4-1-2-6-9(8)10;1-7-5-3-2-4-6-7;;/h1-7H,(H,12,13);2-6H,1H3;;/q;;+1;-1. The van der Waals surface area contributed by atoms with E-state index in [1.807, 2.05) is 48.5 Å². The molecule has 0 aliphatic rings. The number of carboxylic acid groups (broad SMARTS) is 1. The zero-order chi connectivity index (χ0) is 14.4. The average Bonchev–Trinajstić information content (AvgIpc) is 2.48. The first-order chi connectivity index (χ1) is 9.68. The molecule has 3 heteroatoms. The zero-order valence-electron chi connectivity index (χ0n) is 13.3. The molecule has 0 fully saturated rings. The molecule has 0 atom stereocenters. The summed E-state index contributed by atoms with van der Waals surface area (Å²) in [5, 5.41) is 10.6. The van der Waals surface area contributed by atoms with E-state index in [0.717, 1.165) is 10.8 Å². The molecule has 3 rings (SSSR count). The summed E-state index contributed by atoms with van der Waals surface area (Å²) in [5.41, 5.74) is 1.68. The van der Waals surface area contributed by atoms with E-state index < -0.39 is 5.97 Å². The number of aromatic carboxylic acids is 1. The summed E-state index contributed by atoms with van der Waals surface area (Å²) in [6, 6.07) is 23.0. The molecule has 3 aromatic carbocycles. The van der Waals surface area contributed by atoms with Crippen LogP contribution in [0, 0.1) is 6.92 Å². The largest absolute Gasteiger partial charge is 1.00 e. The Morgan fingerprint density at radius 1 is 0.857 bits per heavy atom. The van der Waals surface area contributed by atoms with Gasteiger partial charge < -0.3 is 6.53 Å². The normalized spacial score (nSPS) is 9.19. The summed E-state index contributed by atoms with van der Waals surface area (Å²) in [7, 11) is 0. The maximum atomic E-state index is 10.8. The van der Waals surface area contributed by atoms with E-state index in [0.29, 0.717) is 5.56 Å². The van der Waals surface area contributed by atoms with Gasteiger partial charge in [-0.2, -0.15) is 0 Å². The van der Waals surface area contributed by atoms with Crippen LogP contribution in [0.15, 0.2) is 72.8 Å². The molecular weight excluding hydrogens is 271 g/mol. The minimum atomic E-state index is -0.878. The van der Waals surface area contributed by atoms with Gasteiger partial charge in [-0.3, -0.25) is 0 Å². The molecular formula is C18H17NaO2. The number of hydrogen-bond donors (Lipinski definition) is 1. The zero-order valence-corrected chi connectivity index (χ0v) is 14.3. The number of carboxylic acids is 1. The summed E-state index contributed by atoms with van der Waals surface area (Å²) < 4.78 is 0. The van der Waals surface area contributed by atoms with Crippen molar-refractivity contribution in [2.75, 3.05) is 0 Å². The van der Waals surface area contributed by atoms with E-state index in [9.17, 15) is 4.79 Å². The molecule has 102 valence electrons. The Balaban J connectivity index is 0.000000425. The quantitative estimate of drug-likeness (QED) is 0.691. The average molecular weight is 288 g/mol. The number of hydrogen-bond acceptors (Lipinski definition) is 1. The van der Waals surface area contributed by atoms with Gasteiger partial charge in [0.25, 0.3) is 0 Å². The van der Waals surface area contributed by atoms with Gasteiger partial charge in [-0.15, -0.1) is 0 Å². The first-order valence-electron chi connectivity index (χ1n) is 6.41. The first-order valence-corrected chi connectivity index (χ1v) is 6.41. The molecule has 0 saturated carbocycles. The Labute approximate surface area is 148 Å². The van der Waals surface area contributed by atoms with Gasteiger partial charge in [-0.1, -0.05) is 72.3 Å². The minimum absolute atomic E-state index is 0. The van der Waals surface area contributed by atoms with Crippen LogP contribution in [0.4, 0.5) is 0 Å². The fraction of sp³-hybridized carbons (Fsp3) is 0.0556. The fourth-order valence-electron chi connectivity index (χ4n) is 1.95. The summed E-state index contributed by atoms with van der Waals surface area (Å²) in [6.07, 6.45) is 0. The molecule has 0 saturated heterocycles. The third-order valence-corrected chi connectivity index (χ3v) is 2.96. The van der Waals surface area contributed by atoms with Crippen molar-refractivity contribution in [2.24, 2.45) is 0 Å². The Hall–Kier alpha value is -1.61. The SMILES string of the molecule is Cc1ccccc1.O=C(O)c1cccc2ccccc12.[H-].[Na+]. The van der Waals surface area contributed by atoms with Crippen LogP contribution < -0.4 is 29.6 Å². The second-order valence-corrected chi connectivity index (χ2v) is 4.49. The van der Waals surface area contributed by atoms with Gasteiger partial charge >= 0.3 is 35.5 Å². The van der Waals surface area contributed by atoms with Gasteiger partial charge in [0, 0.05) is 0 Å². The maximum absolute atomic E-state index is 10.8. The number of fused-ring (bicyclic) bond motifs is 1. The Kier molecular flexibility index (Phi) is 7.17. The van der Waals surface area contributed by atoms with E-state index in [1.165, 1.54) is 5.56 Å². The Morgan fingerprint density at radius 2 is 1.43 bits per heavy atom. The smallest absolute Gasteiger partial charge is 1.00 e. The number of rotatable bonds is 1.